The molecule has 3 saturated heterocycles. The van der Waals surface area contributed by atoms with E-state index in [0.717, 1.165) is 29.7 Å². The van der Waals surface area contributed by atoms with Crippen LogP contribution in [0.1, 0.15) is 29.5 Å². The van der Waals surface area contributed by atoms with Crippen molar-refractivity contribution in [2.75, 3.05) is 16.8 Å². The number of halogens is 1. The van der Waals surface area contributed by atoms with Crippen molar-refractivity contribution in [2.24, 2.45) is 11.8 Å². The van der Waals surface area contributed by atoms with Gasteiger partial charge in [-0.05, 0) is 56.5 Å². The smallest absolute Gasteiger partial charge is 0.250 e. The maximum absolute atomic E-state index is 13.9. The van der Waals surface area contributed by atoms with E-state index in [-0.39, 0.29) is 23.8 Å². The number of nitrogens with zero attached hydrogens (tertiary/aromatic N) is 2. The first-order chi connectivity index (χ1) is 14.9. The van der Waals surface area contributed by atoms with Gasteiger partial charge in [0.15, 0.2) is 0 Å². The summed E-state index contributed by atoms with van der Waals surface area (Å²) in [4.78, 5) is 44.8. The number of anilines is 2. The molecule has 31 heavy (non-hydrogen) atoms. The second-order valence-corrected chi connectivity index (χ2v) is 9.43. The molecule has 3 fully saturated rings. The van der Waals surface area contributed by atoms with Crippen LogP contribution in [0.15, 0.2) is 36.4 Å². The van der Waals surface area contributed by atoms with Crippen LogP contribution < -0.4 is 10.2 Å². The summed E-state index contributed by atoms with van der Waals surface area (Å²) in [7, 11) is 0. The zero-order valence-electron chi connectivity index (χ0n) is 17.3. The summed E-state index contributed by atoms with van der Waals surface area (Å²) >= 11 is 6.30. The van der Waals surface area contributed by atoms with Crippen LogP contribution >= 0.6 is 11.6 Å². The molecule has 4 atom stereocenters. The number of imide groups is 1. The standard InChI is InChI=1S/C24H22ClN3O3/c1-12-6-3-7-14-20(12)26-23(31)24(14)19-18(17-10-5-11-27(17)24)21(29)28(22(19)30)16-9-4-8-15(25)13(16)2/h3-4,6-9,17-19H,5,10-11H2,1-2H3,(H,26,31)/t17-,18-,19-,24-/m1/s1. The second-order valence-electron chi connectivity index (χ2n) is 9.02. The number of rotatable bonds is 1. The van der Waals surface area contributed by atoms with E-state index < -0.39 is 17.4 Å². The zero-order chi connectivity index (χ0) is 21.7. The molecule has 6 nitrogen and oxygen atoms in total. The van der Waals surface area contributed by atoms with E-state index >= 15 is 0 Å². The molecule has 0 bridgehead atoms. The average Bonchev–Trinajstić information content (AvgIpc) is 3.44. The molecule has 0 radical (unpaired) electrons. The fraction of sp³-hybridized carbons (Fsp3) is 0.375. The fourth-order valence-electron chi connectivity index (χ4n) is 6.45. The Balaban J connectivity index is 1.58. The van der Waals surface area contributed by atoms with Crippen molar-refractivity contribution in [2.45, 2.75) is 38.3 Å². The molecule has 4 heterocycles. The van der Waals surface area contributed by atoms with Crippen LogP contribution in [0.4, 0.5) is 11.4 Å². The molecule has 2 aromatic rings. The van der Waals surface area contributed by atoms with Crippen LogP contribution in [0.25, 0.3) is 0 Å². The predicted molar refractivity (Wildman–Crippen MR) is 117 cm³/mol. The monoisotopic (exact) mass is 435 g/mol. The number of fused-ring (bicyclic) bond motifs is 7. The summed E-state index contributed by atoms with van der Waals surface area (Å²) in [6.07, 6.45) is 1.71. The first-order valence-electron chi connectivity index (χ1n) is 10.7. The average molecular weight is 436 g/mol. The Bertz CT molecular complexity index is 1190. The van der Waals surface area contributed by atoms with Crippen LogP contribution in [0.2, 0.25) is 5.02 Å². The number of nitrogens with one attached hydrogen (secondary N) is 1. The molecule has 4 aliphatic rings. The molecule has 158 valence electrons. The van der Waals surface area contributed by atoms with Crippen LogP contribution in [0, 0.1) is 25.7 Å². The van der Waals surface area contributed by atoms with Gasteiger partial charge in [0.25, 0.3) is 0 Å². The van der Waals surface area contributed by atoms with E-state index in [4.69, 9.17) is 11.6 Å². The lowest BCUT2D eigenvalue weighted by molar-refractivity contribution is -0.135. The van der Waals surface area contributed by atoms with Gasteiger partial charge in [-0.15, -0.1) is 0 Å². The van der Waals surface area contributed by atoms with Crippen molar-refractivity contribution in [3.63, 3.8) is 0 Å². The number of hydrogen-bond donors (Lipinski definition) is 1. The third kappa shape index (κ3) is 2.10. The number of carbonyl (C=O) groups excluding carboxylic acids is 3. The molecule has 3 amide bonds. The number of benzene rings is 2. The molecule has 4 aliphatic heterocycles. The molecule has 6 rings (SSSR count). The Morgan fingerprint density at radius 2 is 1.84 bits per heavy atom. The Labute approximate surface area is 185 Å². The van der Waals surface area contributed by atoms with E-state index in [1.165, 1.54) is 4.90 Å². The molecule has 0 unspecified atom stereocenters. The van der Waals surface area contributed by atoms with Gasteiger partial charge in [-0.2, -0.15) is 0 Å². The lowest BCUT2D eigenvalue weighted by Crippen LogP contribution is -2.54. The van der Waals surface area contributed by atoms with Gasteiger partial charge in [-0.3, -0.25) is 19.3 Å². The van der Waals surface area contributed by atoms with Crippen molar-refractivity contribution in [1.82, 2.24) is 4.90 Å². The quantitative estimate of drug-likeness (QED) is 0.697. The van der Waals surface area contributed by atoms with E-state index in [9.17, 15) is 14.4 Å². The van der Waals surface area contributed by atoms with E-state index in [1.54, 1.807) is 18.2 Å². The van der Waals surface area contributed by atoms with E-state index in [0.29, 0.717) is 22.8 Å². The first kappa shape index (κ1) is 19.0. The highest BCUT2D eigenvalue weighted by atomic mass is 35.5. The van der Waals surface area contributed by atoms with Gasteiger partial charge in [0.1, 0.15) is 5.54 Å². The van der Waals surface area contributed by atoms with Gasteiger partial charge in [0.2, 0.25) is 17.7 Å². The number of hydrogen-bond acceptors (Lipinski definition) is 4. The Kier molecular flexibility index (Phi) is 3.79. The van der Waals surface area contributed by atoms with Crippen molar-refractivity contribution < 1.29 is 14.4 Å². The fourth-order valence-corrected chi connectivity index (χ4v) is 6.62. The molecule has 0 aromatic heterocycles. The van der Waals surface area contributed by atoms with Gasteiger partial charge < -0.3 is 5.32 Å². The summed E-state index contributed by atoms with van der Waals surface area (Å²) in [5.41, 5.74) is 2.62. The van der Waals surface area contributed by atoms with Gasteiger partial charge >= 0.3 is 0 Å². The molecule has 0 aliphatic carbocycles. The summed E-state index contributed by atoms with van der Waals surface area (Å²) in [6, 6.07) is 10.9. The lowest BCUT2D eigenvalue weighted by Gasteiger charge is -2.36. The van der Waals surface area contributed by atoms with Crippen molar-refractivity contribution in [1.29, 1.82) is 0 Å². The molecule has 7 heteroatoms. The minimum Gasteiger partial charge on any atom is -0.324 e. The summed E-state index contributed by atoms with van der Waals surface area (Å²) in [5, 5.41) is 3.56. The molecule has 1 spiro atoms. The molecular formula is C24H22ClN3O3. The van der Waals surface area contributed by atoms with Crippen LogP contribution in [0.3, 0.4) is 0 Å². The first-order valence-corrected chi connectivity index (χ1v) is 11.1. The van der Waals surface area contributed by atoms with Crippen LogP contribution in [0.5, 0.6) is 0 Å². The van der Waals surface area contributed by atoms with Crippen LogP contribution in [-0.2, 0) is 19.9 Å². The maximum Gasteiger partial charge on any atom is 0.250 e. The van der Waals surface area contributed by atoms with Crippen molar-refractivity contribution >= 4 is 40.7 Å². The third-order valence-corrected chi connectivity index (χ3v) is 8.13. The highest BCUT2D eigenvalue weighted by Gasteiger charge is 2.74. The molecule has 1 N–H and O–H groups in total. The van der Waals surface area contributed by atoms with E-state index in [2.05, 4.69) is 10.2 Å². The number of carbonyl (C=O) groups is 3. The maximum atomic E-state index is 13.9. The highest BCUT2D eigenvalue weighted by molar-refractivity contribution is 6.32. The highest BCUT2D eigenvalue weighted by Crippen LogP contribution is 2.61. The lowest BCUT2D eigenvalue weighted by atomic mass is 9.75. The summed E-state index contributed by atoms with van der Waals surface area (Å²) in [6.45, 7) is 4.47. The van der Waals surface area contributed by atoms with Gasteiger partial charge in [0, 0.05) is 22.3 Å². The molecule has 2 aromatic carbocycles. The Hall–Kier alpha value is -2.70. The Morgan fingerprint density at radius 1 is 1.06 bits per heavy atom. The summed E-state index contributed by atoms with van der Waals surface area (Å²) < 4.78 is 0. The largest absolute Gasteiger partial charge is 0.324 e. The predicted octanol–water partition coefficient (Wildman–Crippen LogP) is 3.39. The number of amides is 3. The van der Waals surface area contributed by atoms with Crippen molar-refractivity contribution in [3.05, 3.63) is 58.1 Å². The number of para-hydroxylation sites is 1. The van der Waals surface area contributed by atoms with Gasteiger partial charge in [0.05, 0.1) is 17.5 Å². The second kappa shape index (κ2) is 6.17. The van der Waals surface area contributed by atoms with E-state index in [1.807, 2.05) is 32.0 Å². The Morgan fingerprint density at radius 3 is 2.65 bits per heavy atom. The molecular weight excluding hydrogens is 414 g/mol. The normalized spacial score (nSPS) is 31.4. The molecule has 0 saturated carbocycles. The zero-order valence-corrected chi connectivity index (χ0v) is 18.1. The third-order valence-electron chi connectivity index (χ3n) is 7.72. The number of aryl methyl sites for hydroxylation is 1. The minimum atomic E-state index is -1.14. The van der Waals surface area contributed by atoms with Crippen molar-refractivity contribution in [3.8, 4) is 0 Å². The topological polar surface area (TPSA) is 69.7 Å². The van der Waals surface area contributed by atoms with Gasteiger partial charge in [-0.1, -0.05) is 35.9 Å². The SMILES string of the molecule is Cc1cccc2c1NC(=O)[C@]21[C@H]2C(=O)N(c3cccc(Cl)c3C)C(=O)[C@@H]2[C@H]2CCCN21. The summed E-state index contributed by atoms with van der Waals surface area (Å²) in [5.74, 6) is -2.00. The van der Waals surface area contributed by atoms with Gasteiger partial charge in [-0.25, -0.2) is 4.90 Å². The van der Waals surface area contributed by atoms with Crippen LogP contribution in [-0.4, -0.2) is 35.2 Å². The minimum absolute atomic E-state index is 0.122.